The zero-order chi connectivity index (χ0) is 19.6. The van der Waals surface area contributed by atoms with E-state index in [1.165, 1.54) is 0 Å². The van der Waals surface area contributed by atoms with E-state index in [1.807, 2.05) is 30.3 Å². The normalized spacial score (nSPS) is 13.2. The van der Waals surface area contributed by atoms with E-state index >= 15 is 0 Å². The minimum Gasteiger partial charge on any atom is -0.444 e. The number of hydrogen-bond acceptors (Lipinski definition) is 4. The van der Waals surface area contributed by atoms with Crippen molar-refractivity contribution >= 4 is 5.96 Å². The first-order valence-corrected chi connectivity index (χ1v) is 9.68. The van der Waals surface area contributed by atoms with E-state index < -0.39 is 0 Å². The summed E-state index contributed by atoms with van der Waals surface area (Å²) in [6.45, 7) is 8.72. The summed E-state index contributed by atoms with van der Waals surface area (Å²) in [6, 6.07) is 10.4. The van der Waals surface area contributed by atoms with Crippen LogP contribution in [0.15, 0.2) is 46.0 Å². The Labute approximate surface area is 163 Å². The van der Waals surface area contributed by atoms with Crippen molar-refractivity contribution in [1.82, 2.24) is 20.5 Å². The Kier molecular flexibility index (Phi) is 8.33. The quantitative estimate of drug-likeness (QED) is 0.523. The van der Waals surface area contributed by atoms with Crippen molar-refractivity contribution in [2.45, 2.75) is 39.8 Å². The maximum absolute atomic E-state index is 5.59. The molecule has 6 nitrogen and oxygen atoms in total. The molecule has 1 atom stereocenters. The summed E-state index contributed by atoms with van der Waals surface area (Å²) in [4.78, 5) is 11.5. The van der Waals surface area contributed by atoms with Gasteiger partial charge in [0, 0.05) is 24.7 Å². The predicted molar refractivity (Wildman–Crippen MR) is 112 cm³/mol. The number of aliphatic imine (C=N–C) groups is 1. The number of aromatic nitrogens is 1. The highest BCUT2D eigenvalue weighted by atomic mass is 16.3. The Morgan fingerprint density at radius 2 is 1.93 bits per heavy atom. The van der Waals surface area contributed by atoms with E-state index in [-0.39, 0.29) is 0 Å². The fourth-order valence-electron chi connectivity index (χ4n) is 2.83. The molecule has 0 fully saturated rings. The number of rotatable bonds is 9. The van der Waals surface area contributed by atoms with Gasteiger partial charge in [-0.15, -0.1) is 0 Å². The van der Waals surface area contributed by atoms with Crippen molar-refractivity contribution in [3.63, 3.8) is 0 Å². The third kappa shape index (κ3) is 7.06. The molecular formula is C21H33N5O. The van der Waals surface area contributed by atoms with E-state index in [0.717, 1.165) is 36.7 Å². The first-order chi connectivity index (χ1) is 13.0. The van der Waals surface area contributed by atoms with Crippen molar-refractivity contribution in [2.75, 3.05) is 27.2 Å². The van der Waals surface area contributed by atoms with Crippen molar-refractivity contribution < 1.29 is 4.42 Å². The fraction of sp³-hybridized carbons (Fsp3) is 0.524. The highest BCUT2D eigenvalue weighted by Gasteiger charge is 2.14. The Balaban J connectivity index is 1.97. The molecule has 0 radical (unpaired) electrons. The average molecular weight is 372 g/mol. The van der Waals surface area contributed by atoms with Crippen molar-refractivity contribution in [3.05, 3.63) is 42.3 Å². The van der Waals surface area contributed by atoms with E-state index in [9.17, 15) is 0 Å². The van der Waals surface area contributed by atoms with Crippen LogP contribution in [0.2, 0.25) is 0 Å². The fourth-order valence-corrected chi connectivity index (χ4v) is 2.83. The average Bonchev–Trinajstić information content (AvgIpc) is 3.12. The summed E-state index contributed by atoms with van der Waals surface area (Å²) in [5, 5.41) is 6.76. The van der Waals surface area contributed by atoms with Gasteiger partial charge in [-0.1, -0.05) is 32.0 Å². The molecule has 0 aliphatic carbocycles. The first-order valence-electron chi connectivity index (χ1n) is 9.68. The molecule has 1 aromatic carbocycles. The number of guanidine groups is 1. The molecule has 148 valence electrons. The van der Waals surface area contributed by atoms with Crippen LogP contribution in [0, 0.1) is 5.92 Å². The molecule has 2 rings (SSSR count). The smallest absolute Gasteiger partial charge is 0.226 e. The second-order valence-corrected chi connectivity index (χ2v) is 7.33. The Bertz CT molecular complexity index is 694. The van der Waals surface area contributed by atoms with Crippen molar-refractivity contribution in [2.24, 2.45) is 10.9 Å². The molecule has 0 aliphatic rings. The Morgan fingerprint density at radius 1 is 1.19 bits per heavy atom. The third-order valence-electron chi connectivity index (χ3n) is 4.29. The maximum Gasteiger partial charge on any atom is 0.226 e. The van der Waals surface area contributed by atoms with E-state index in [4.69, 9.17) is 4.42 Å². The zero-order valence-electron chi connectivity index (χ0n) is 17.2. The lowest BCUT2D eigenvalue weighted by molar-refractivity contribution is 0.254. The number of nitrogens with zero attached hydrogens (tertiary/aromatic N) is 3. The number of hydrogen-bond donors (Lipinski definition) is 2. The monoisotopic (exact) mass is 371 g/mol. The summed E-state index contributed by atoms with van der Waals surface area (Å²) in [5.74, 6) is 2.09. The molecule has 1 unspecified atom stereocenters. The van der Waals surface area contributed by atoms with Crippen LogP contribution in [0.1, 0.15) is 32.9 Å². The van der Waals surface area contributed by atoms with Gasteiger partial charge >= 0.3 is 0 Å². The highest BCUT2D eigenvalue weighted by Crippen LogP contribution is 2.18. The topological polar surface area (TPSA) is 65.7 Å². The van der Waals surface area contributed by atoms with E-state index in [2.05, 4.69) is 60.4 Å². The molecule has 0 bridgehead atoms. The Hall–Kier alpha value is -2.34. The predicted octanol–water partition coefficient (Wildman–Crippen LogP) is 3.37. The standard InChI is InChI=1S/C21H33N5O/c1-6-22-21(24-14-19(26(4)5)12-16(2)3)23-13-18-15-27-20(25-18)17-10-8-7-9-11-17/h7-11,15-16,19H,6,12-14H2,1-5H3,(H2,22,23,24). The largest absolute Gasteiger partial charge is 0.444 e. The van der Waals surface area contributed by atoms with Crippen LogP contribution in [-0.4, -0.2) is 49.1 Å². The van der Waals surface area contributed by atoms with Gasteiger partial charge in [-0.2, -0.15) is 0 Å². The third-order valence-corrected chi connectivity index (χ3v) is 4.29. The number of nitrogens with one attached hydrogen (secondary N) is 2. The summed E-state index contributed by atoms with van der Waals surface area (Å²) in [5.41, 5.74) is 1.79. The molecule has 1 heterocycles. The van der Waals surface area contributed by atoms with Crippen LogP contribution in [0.5, 0.6) is 0 Å². The summed E-state index contributed by atoms with van der Waals surface area (Å²) >= 11 is 0. The van der Waals surface area contributed by atoms with Crippen LogP contribution in [-0.2, 0) is 6.54 Å². The Morgan fingerprint density at radius 3 is 2.56 bits per heavy atom. The molecule has 1 aromatic heterocycles. The zero-order valence-corrected chi connectivity index (χ0v) is 17.2. The summed E-state index contributed by atoms with van der Waals surface area (Å²) in [6.07, 6.45) is 2.82. The van der Waals surface area contributed by atoms with Crippen LogP contribution in [0.4, 0.5) is 0 Å². The number of oxazole rings is 1. The lowest BCUT2D eigenvalue weighted by atomic mass is 10.0. The first kappa shape index (κ1) is 21.0. The molecule has 0 amide bonds. The molecule has 0 aliphatic heterocycles. The molecule has 6 heteroatoms. The van der Waals surface area contributed by atoms with E-state index in [1.54, 1.807) is 6.26 Å². The SMILES string of the molecule is CCNC(=NCc1coc(-c2ccccc2)n1)NCC(CC(C)C)N(C)C. The molecule has 0 saturated heterocycles. The summed E-state index contributed by atoms with van der Waals surface area (Å²) in [7, 11) is 4.25. The van der Waals surface area contributed by atoms with E-state index in [0.29, 0.717) is 24.4 Å². The molecule has 27 heavy (non-hydrogen) atoms. The lowest BCUT2D eigenvalue weighted by Gasteiger charge is -2.27. The molecular weight excluding hydrogens is 338 g/mol. The van der Waals surface area contributed by atoms with Crippen molar-refractivity contribution in [3.8, 4) is 11.5 Å². The maximum atomic E-state index is 5.59. The number of benzene rings is 1. The molecule has 2 aromatic rings. The van der Waals surface area contributed by atoms with Crippen LogP contribution < -0.4 is 10.6 Å². The van der Waals surface area contributed by atoms with Gasteiger partial charge in [-0.3, -0.25) is 0 Å². The van der Waals surface area contributed by atoms with Gasteiger partial charge in [0.25, 0.3) is 0 Å². The molecule has 0 saturated carbocycles. The number of likely N-dealkylation sites (N-methyl/N-ethyl adjacent to an activating group) is 1. The second-order valence-electron chi connectivity index (χ2n) is 7.33. The van der Waals surface area contributed by atoms with Gasteiger partial charge in [0.2, 0.25) is 5.89 Å². The lowest BCUT2D eigenvalue weighted by Crippen LogP contribution is -2.45. The van der Waals surface area contributed by atoms with Gasteiger partial charge in [0.1, 0.15) is 12.0 Å². The minimum absolute atomic E-state index is 0.464. The molecule has 0 spiro atoms. The minimum atomic E-state index is 0.464. The summed E-state index contributed by atoms with van der Waals surface area (Å²) < 4.78 is 5.59. The van der Waals surface area contributed by atoms with Crippen LogP contribution in [0.25, 0.3) is 11.5 Å². The van der Waals surface area contributed by atoms with Crippen molar-refractivity contribution in [1.29, 1.82) is 0 Å². The van der Waals surface area contributed by atoms with Gasteiger partial charge in [-0.05, 0) is 45.5 Å². The highest BCUT2D eigenvalue weighted by molar-refractivity contribution is 5.79. The van der Waals surface area contributed by atoms with Gasteiger partial charge in [0.15, 0.2) is 5.96 Å². The van der Waals surface area contributed by atoms with Crippen LogP contribution >= 0.6 is 0 Å². The van der Waals surface area contributed by atoms with Crippen LogP contribution in [0.3, 0.4) is 0 Å². The van der Waals surface area contributed by atoms with Gasteiger partial charge in [-0.25, -0.2) is 9.98 Å². The molecule has 2 N–H and O–H groups in total. The second kappa shape index (κ2) is 10.7. The van der Waals surface area contributed by atoms with Gasteiger partial charge in [0.05, 0.1) is 6.54 Å². The van der Waals surface area contributed by atoms with Gasteiger partial charge < -0.3 is 20.0 Å².